The van der Waals surface area contributed by atoms with Crippen LogP contribution in [-0.4, -0.2) is 43.8 Å². The number of carbonyl (C=O) groups excluding carboxylic acids is 4. The Balaban J connectivity index is 1.84. The fourth-order valence-corrected chi connectivity index (χ4v) is 2.97. The number of hydrogen-bond donors (Lipinski definition) is 1. The van der Waals surface area contributed by atoms with Gasteiger partial charge in [-0.25, -0.2) is 4.79 Å². The topological polar surface area (TPSA) is 102 Å². The number of anilines is 2. The second kappa shape index (κ2) is 8.55. The first kappa shape index (κ1) is 20.1. The van der Waals surface area contributed by atoms with Gasteiger partial charge in [-0.2, -0.15) is 0 Å². The van der Waals surface area contributed by atoms with Crippen LogP contribution in [-0.2, 0) is 14.3 Å². The molecule has 0 unspecified atom stereocenters. The molecule has 2 aromatic carbocycles. The average Bonchev–Trinajstić information content (AvgIpc) is 2.74. The largest absolute Gasteiger partial charge is 0.482 e. The van der Waals surface area contributed by atoms with Crippen molar-refractivity contribution in [1.29, 1.82) is 0 Å². The lowest BCUT2D eigenvalue weighted by Crippen LogP contribution is -2.43. The Morgan fingerprint density at radius 1 is 1.17 bits per heavy atom. The first-order chi connectivity index (χ1) is 13.9. The number of nitrogens with one attached hydrogen (secondary N) is 1. The Morgan fingerprint density at radius 2 is 1.93 bits per heavy atom. The molecule has 0 aromatic heterocycles. The highest BCUT2D eigenvalue weighted by Crippen LogP contribution is 2.33. The average molecular weight is 396 g/mol. The van der Waals surface area contributed by atoms with Crippen molar-refractivity contribution >= 4 is 34.9 Å². The SMILES string of the molecule is CCC(=O)c1ccc2c(c1)N(CC(=O)Nc1ccccc1C(=O)OC)C(=O)CO2. The molecule has 0 saturated carbocycles. The molecule has 150 valence electrons. The van der Waals surface area contributed by atoms with Gasteiger partial charge in [0.2, 0.25) is 5.91 Å². The number of esters is 1. The summed E-state index contributed by atoms with van der Waals surface area (Å²) >= 11 is 0. The summed E-state index contributed by atoms with van der Waals surface area (Å²) in [5.41, 5.74) is 1.27. The van der Waals surface area contributed by atoms with Gasteiger partial charge in [0.05, 0.1) is 24.0 Å². The number of carbonyl (C=O) groups is 4. The molecular weight excluding hydrogens is 376 g/mol. The lowest BCUT2D eigenvalue weighted by atomic mass is 10.1. The molecule has 1 heterocycles. The Hall–Kier alpha value is -3.68. The molecule has 2 amide bonds. The Kier molecular flexibility index (Phi) is 5.92. The zero-order valence-electron chi connectivity index (χ0n) is 16.1. The predicted molar refractivity (Wildman–Crippen MR) is 105 cm³/mol. The van der Waals surface area contributed by atoms with Crippen LogP contribution >= 0.6 is 0 Å². The third-order valence-corrected chi connectivity index (χ3v) is 4.45. The normalized spacial score (nSPS) is 12.6. The second-order valence-electron chi connectivity index (χ2n) is 6.31. The van der Waals surface area contributed by atoms with Gasteiger partial charge in [0, 0.05) is 12.0 Å². The Morgan fingerprint density at radius 3 is 2.66 bits per heavy atom. The summed E-state index contributed by atoms with van der Waals surface area (Å²) < 4.78 is 10.1. The first-order valence-electron chi connectivity index (χ1n) is 9.02. The van der Waals surface area contributed by atoms with E-state index in [1.807, 2.05) is 0 Å². The monoisotopic (exact) mass is 396 g/mol. The number of fused-ring (bicyclic) bond motifs is 1. The van der Waals surface area contributed by atoms with E-state index in [1.54, 1.807) is 43.3 Å². The van der Waals surface area contributed by atoms with Crippen molar-refractivity contribution in [2.45, 2.75) is 13.3 Å². The van der Waals surface area contributed by atoms with E-state index in [9.17, 15) is 19.2 Å². The van der Waals surface area contributed by atoms with Gasteiger partial charge in [-0.1, -0.05) is 19.1 Å². The van der Waals surface area contributed by atoms with Gasteiger partial charge in [-0.3, -0.25) is 19.3 Å². The minimum absolute atomic E-state index is 0.0813. The van der Waals surface area contributed by atoms with Crippen molar-refractivity contribution in [2.75, 3.05) is 30.5 Å². The standard InChI is InChI=1S/C21H20N2O6/c1-3-17(24)13-8-9-18-16(10-13)23(20(26)12-29-18)11-19(25)22-15-7-5-4-6-14(15)21(27)28-2/h4-10H,3,11-12H2,1-2H3,(H,22,25). The molecule has 0 bridgehead atoms. The fraction of sp³-hybridized carbons (Fsp3) is 0.238. The minimum atomic E-state index is -0.587. The zero-order chi connectivity index (χ0) is 21.0. The summed E-state index contributed by atoms with van der Waals surface area (Å²) in [6, 6.07) is 11.2. The first-order valence-corrected chi connectivity index (χ1v) is 9.02. The number of nitrogens with zero attached hydrogens (tertiary/aromatic N) is 1. The van der Waals surface area contributed by atoms with Crippen molar-refractivity contribution in [1.82, 2.24) is 0 Å². The number of ether oxygens (including phenoxy) is 2. The van der Waals surface area contributed by atoms with Crippen LogP contribution in [0.2, 0.25) is 0 Å². The molecule has 3 rings (SSSR count). The lowest BCUT2D eigenvalue weighted by molar-refractivity contribution is -0.123. The summed E-state index contributed by atoms with van der Waals surface area (Å²) in [4.78, 5) is 50.1. The van der Waals surface area contributed by atoms with E-state index in [4.69, 9.17) is 9.47 Å². The van der Waals surface area contributed by atoms with Crippen molar-refractivity contribution in [3.05, 3.63) is 53.6 Å². The van der Waals surface area contributed by atoms with E-state index in [1.165, 1.54) is 18.1 Å². The molecule has 29 heavy (non-hydrogen) atoms. The maximum atomic E-state index is 12.6. The van der Waals surface area contributed by atoms with Gasteiger partial charge in [0.1, 0.15) is 12.3 Å². The highest BCUT2D eigenvalue weighted by atomic mass is 16.5. The van der Waals surface area contributed by atoms with Gasteiger partial charge >= 0.3 is 5.97 Å². The van der Waals surface area contributed by atoms with Crippen LogP contribution in [0, 0.1) is 0 Å². The number of hydrogen-bond acceptors (Lipinski definition) is 6. The van der Waals surface area contributed by atoms with Gasteiger partial charge in [0.15, 0.2) is 12.4 Å². The molecule has 0 radical (unpaired) electrons. The van der Waals surface area contributed by atoms with Crippen molar-refractivity contribution in [3.8, 4) is 5.75 Å². The van der Waals surface area contributed by atoms with Crippen molar-refractivity contribution < 1.29 is 28.7 Å². The molecule has 0 saturated heterocycles. The lowest BCUT2D eigenvalue weighted by Gasteiger charge is -2.29. The van der Waals surface area contributed by atoms with Gasteiger partial charge < -0.3 is 14.8 Å². The highest BCUT2D eigenvalue weighted by molar-refractivity contribution is 6.08. The number of benzene rings is 2. The molecule has 1 aliphatic heterocycles. The van der Waals surface area contributed by atoms with Crippen LogP contribution in [0.4, 0.5) is 11.4 Å². The molecule has 8 heteroatoms. The molecule has 0 aliphatic carbocycles. The zero-order valence-corrected chi connectivity index (χ0v) is 16.1. The quantitative estimate of drug-likeness (QED) is 0.594. The molecule has 1 aliphatic rings. The number of rotatable bonds is 6. The second-order valence-corrected chi connectivity index (χ2v) is 6.31. The maximum absolute atomic E-state index is 12.6. The van der Waals surface area contributed by atoms with Crippen LogP contribution in [0.3, 0.4) is 0 Å². The molecule has 0 spiro atoms. The number of amides is 2. The molecule has 2 aromatic rings. The third-order valence-electron chi connectivity index (χ3n) is 4.45. The number of ketones is 1. The van der Waals surface area contributed by atoms with Crippen LogP contribution in [0.25, 0.3) is 0 Å². The van der Waals surface area contributed by atoms with Gasteiger partial charge in [-0.15, -0.1) is 0 Å². The highest BCUT2D eigenvalue weighted by Gasteiger charge is 2.28. The summed E-state index contributed by atoms with van der Waals surface area (Å²) in [5.74, 6) is -1.16. The van der Waals surface area contributed by atoms with E-state index >= 15 is 0 Å². The summed E-state index contributed by atoms with van der Waals surface area (Å²) in [6.07, 6.45) is 0.318. The third kappa shape index (κ3) is 4.26. The maximum Gasteiger partial charge on any atom is 0.339 e. The van der Waals surface area contributed by atoms with Gasteiger partial charge in [0.25, 0.3) is 5.91 Å². The molecule has 0 atom stereocenters. The molecule has 0 fully saturated rings. The van der Waals surface area contributed by atoms with Crippen LogP contribution in [0.15, 0.2) is 42.5 Å². The van der Waals surface area contributed by atoms with E-state index in [0.29, 0.717) is 23.4 Å². The van der Waals surface area contributed by atoms with Crippen molar-refractivity contribution in [3.63, 3.8) is 0 Å². The molecular formula is C21H20N2O6. The summed E-state index contributed by atoms with van der Waals surface area (Å²) in [6.45, 7) is 1.24. The molecule has 1 N–H and O–H groups in total. The fourth-order valence-electron chi connectivity index (χ4n) is 2.97. The van der Waals surface area contributed by atoms with Crippen LogP contribution in [0.5, 0.6) is 5.75 Å². The van der Waals surface area contributed by atoms with E-state index in [0.717, 1.165) is 0 Å². The molecule has 8 nitrogen and oxygen atoms in total. The minimum Gasteiger partial charge on any atom is -0.482 e. The van der Waals surface area contributed by atoms with E-state index < -0.39 is 17.8 Å². The predicted octanol–water partition coefficient (Wildman–Crippen LogP) is 2.43. The number of Topliss-reactive ketones (excluding diaryl/α,β-unsaturated/α-hetero) is 1. The Bertz CT molecular complexity index is 985. The smallest absolute Gasteiger partial charge is 0.339 e. The van der Waals surface area contributed by atoms with E-state index in [2.05, 4.69) is 5.32 Å². The Labute approximate surface area is 167 Å². The number of methoxy groups -OCH3 is 1. The van der Waals surface area contributed by atoms with E-state index in [-0.39, 0.29) is 30.2 Å². The van der Waals surface area contributed by atoms with Crippen LogP contribution < -0.4 is 15.0 Å². The van der Waals surface area contributed by atoms with Gasteiger partial charge in [-0.05, 0) is 30.3 Å². The van der Waals surface area contributed by atoms with Crippen molar-refractivity contribution in [2.24, 2.45) is 0 Å². The number of para-hydroxylation sites is 1. The summed E-state index contributed by atoms with van der Waals surface area (Å²) in [7, 11) is 1.25. The van der Waals surface area contributed by atoms with Crippen LogP contribution in [0.1, 0.15) is 34.1 Å². The summed E-state index contributed by atoms with van der Waals surface area (Å²) in [5, 5.41) is 2.63.